The molecule has 2 aromatic rings. The van der Waals surface area contributed by atoms with Gasteiger partial charge in [-0.3, -0.25) is 9.59 Å². The summed E-state index contributed by atoms with van der Waals surface area (Å²) >= 11 is 0. The maximum absolute atomic E-state index is 12.8. The van der Waals surface area contributed by atoms with Gasteiger partial charge in [0.05, 0.1) is 11.0 Å². The van der Waals surface area contributed by atoms with E-state index in [1.54, 1.807) is 0 Å². The minimum absolute atomic E-state index is 0.0187. The monoisotopic (exact) mass is 342 g/mol. The molecule has 2 heterocycles. The molecule has 134 valence electrons. The molecule has 0 atom stereocenters. The van der Waals surface area contributed by atoms with Crippen LogP contribution in [-0.4, -0.2) is 57.8 Å². The number of hydrogen-bond acceptors (Lipinski definition) is 3. The van der Waals surface area contributed by atoms with Crippen molar-refractivity contribution in [1.82, 2.24) is 19.8 Å². The molecule has 1 N–H and O–H groups in total. The Kier molecular flexibility index (Phi) is 5.06. The quantitative estimate of drug-likeness (QED) is 0.929. The summed E-state index contributed by atoms with van der Waals surface area (Å²) in [5.74, 6) is 1.46. The average molecular weight is 342 g/mol. The first kappa shape index (κ1) is 17.5. The molecular weight excluding hydrogens is 316 g/mol. The Morgan fingerprint density at radius 1 is 1.16 bits per heavy atom. The Morgan fingerprint density at radius 3 is 2.48 bits per heavy atom. The fraction of sp³-hybridized carbons (Fsp3) is 0.526. The molecule has 1 aromatic heterocycles. The molecule has 2 amide bonds. The summed E-state index contributed by atoms with van der Waals surface area (Å²) in [6.07, 6.45) is 1.45. The van der Waals surface area contributed by atoms with Gasteiger partial charge in [-0.05, 0) is 24.6 Å². The van der Waals surface area contributed by atoms with Gasteiger partial charge < -0.3 is 14.8 Å². The largest absolute Gasteiger partial charge is 0.342 e. The number of rotatable bonds is 4. The van der Waals surface area contributed by atoms with Crippen LogP contribution in [0.15, 0.2) is 18.2 Å². The van der Waals surface area contributed by atoms with Crippen LogP contribution in [0.5, 0.6) is 0 Å². The second-order valence-electron chi connectivity index (χ2n) is 6.93. The summed E-state index contributed by atoms with van der Waals surface area (Å²) in [5, 5.41) is 0. The fourth-order valence-corrected chi connectivity index (χ4v) is 3.15. The van der Waals surface area contributed by atoms with Crippen LogP contribution in [0.2, 0.25) is 0 Å². The van der Waals surface area contributed by atoms with Crippen molar-refractivity contribution in [2.45, 2.75) is 39.5 Å². The van der Waals surface area contributed by atoms with Crippen LogP contribution in [0.3, 0.4) is 0 Å². The van der Waals surface area contributed by atoms with Crippen molar-refractivity contribution < 1.29 is 9.59 Å². The zero-order valence-corrected chi connectivity index (χ0v) is 15.2. The highest BCUT2D eigenvalue weighted by Gasteiger charge is 2.24. The number of carbonyl (C=O) groups excluding carboxylic acids is 2. The average Bonchev–Trinajstić information content (AvgIpc) is 3.05. The molecule has 1 aromatic carbocycles. The van der Waals surface area contributed by atoms with E-state index >= 15 is 0 Å². The molecule has 0 bridgehead atoms. The van der Waals surface area contributed by atoms with Gasteiger partial charge in [-0.2, -0.15) is 0 Å². The lowest BCUT2D eigenvalue weighted by molar-refractivity contribution is -0.132. The number of imidazole rings is 1. The predicted octanol–water partition coefficient (Wildman–Crippen LogP) is 2.77. The second-order valence-corrected chi connectivity index (χ2v) is 6.93. The molecule has 0 saturated carbocycles. The topological polar surface area (TPSA) is 69.3 Å². The van der Waals surface area contributed by atoms with Crippen LogP contribution in [0.4, 0.5) is 0 Å². The maximum atomic E-state index is 12.8. The van der Waals surface area contributed by atoms with E-state index < -0.39 is 0 Å². The van der Waals surface area contributed by atoms with Crippen LogP contribution in [0.25, 0.3) is 11.0 Å². The van der Waals surface area contributed by atoms with Crippen LogP contribution in [0, 0.1) is 0 Å². The van der Waals surface area contributed by atoms with Gasteiger partial charge in [-0.25, -0.2) is 4.98 Å². The van der Waals surface area contributed by atoms with E-state index in [0.29, 0.717) is 44.1 Å². The third-order valence-corrected chi connectivity index (χ3v) is 4.68. The molecule has 6 nitrogen and oxygen atoms in total. The van der Waals surface area contributed by atoms with Gasteiger partial charge in [-0.1, -0.05) is 20.8 Å². The first-order valence-electron chi connectivity index (χ1n) is 9.06. The number of fused-ring (bicyclic) bond motifs is 1. The summed E-state index contributed by atoms with van der Waals surface area (Å²) < 4.78 is 0. The first-order chi connectivity index (χ1) is 12.0. The number of hydrogen-bond donors (Lipinski definition) is 1. The number of carbonyl (C=O) groups is 2. The number of piperazine rings is 1. The molecule has 1 saturated heterocycles. The molecular formula is C19H26N4O2. The SMILES string of the molecule is CCCC(=O)N1CCN(C(=O)c2ccc3nc(C(C)C)[nH]c3c2)CC1. The minimum Gasteiger partial charge on any atom is -0.342 e. The second kappa shape index (κ2) is 7.25. The van der Waals surface area contributed by atoms with Crippen molar-refractivity contribution in [2.75, 3.05) is 26.2 Å². The lowest BCUT2D eigenvalue weighted by Crippen LogP contribution is -2.50. The molecule has 1 aliphatic heterocycles. The Balaban J connectivity index is 1.69. The highest BCUT2D eigenvalue weighted by atomic mass is 16.2. The van der Waals surface area contributed by atoms with Crippen molar-refractivity contribution in [2.24, 2.45) is 0 Å². The molecule has 0 radical (unpaired) electrons. The Labute approximate surface area is 148 Å². The highest BCUT2D eigenvalue weighted by Crippen LogP contribution is 2.19. The molecule has 0 unspecified atom stereocenters. The van der Waals surface area contributed by atoms with Crippen LogP contribution >= 0.6 is 0 Å². The molecule has 0 aliphatic carbocycles. The van der Waals surface area contributed by atoms with E-state index in [1.807, 2.05) is 34.9 Å². The molecule has 3 rings (SSSR count). The zero-order chi connectivity index (χ0) is 18.0. The molecule has 1 aliphatic rings. The van der Waals surface area contributed by atoms with Crippen LogP contribution in [-0.2, 0) is 4.79 Å². The van der Waals surface area contributed by atoms with E-state index in [-0.39, 0.29) is 11.8 Å². The van der Waals surface area contributed by atoms with Crippen molar-refractivity contribution in [1.29, 1.82) is 0 Å². The molecule has 6 heteroatoms. The Hall–Kier alpha value is -2.37. The van der Waals surface area contributed by atoms with Gasteiger partial charge in [0.2, 0.25) is 5.91 Å². The molecule has 25 heavy (non-hydrogen) atoms. The number of aromatic amines is 1. The van der Waals surface area contributed by atoms with Gasteiger partial charge in [0, 0.05) is 44.1 Å². The van der Waals surface area contributed by atoms with Crippen molar-refractivity contribution in [3.05, 3.63) is 29.6 Å². The lowest BCUT2D eigenvalue weighted by atomic mass is 10.1. The standard InChI is InChI=1S/C19H26N4O2/c1-4-5-17(24)22-8-10-23(11-9-22)19(25)14-6-7-15-16(12-14)21-18(20-15)13(2)3/h6-7,12-13H,4-5,8-11H2,1-3H3,(H,20,21). The normalized spacial score (nSPS) is 15.2. The Bertz CT molecular complexity index is 773. The van der Waals surface area contributed by atoms with Crippen LogP contribution in [0.1, 0.15) is 55.7 Å². The van der Waals surface area contributed by atoms with Gasteiger partial charge >= 0.3 is 0 Å². The number of aromatic nitrogens is 2. The predicted molar refractivity (Wildman–Crippen MR) is 97.6 cm³/mol. The molecule has 1 fully saturated rings. The van der Waals surface area contributed by atoms with E-state index in [0.717, 1.165) is 23.3 Å². The smallest absolute Gasteiger partial charge is 0.254 e. The first-order valence-corrected chi connectivity index (χ1v) is 9.06. The summed E-state index contributed by atoms with van der Waals surface area (Å²) in [4.78, 5) is 36.3. The van der Waals surface area contributed by atoms with E-state index in [4.69, 9.17) is 0 Å². The summed E-state index contributed by atoms with van der Waals surface area (Å²) in [6, 6.07) is 5.61. The highest BCUT2D eigenvalue weighted by molar-refractivity contribution is 5.97. The number of nitrogens with one attached hydrogen (secondary N) is 1. The number of H-pyrrole nitrogens is 1. The van der Waals surface area contributed by atoms with Gasteiger partial charge in [-0.15, -0.1) is 0 Å². The summed E-state index contributed by atoms with van der Waals surface area (Å²) in [5.41, 5.74) is 2.45. The van der Waals surface area contributed by atoms with E-state index in [2.05, 4.69) is 23.8 Å². The maximum Gasteiger partial charge on any atom is 0.254 e. The summed E-state index contributed by atoms with van der Waals surface area (Å²) in [6.45, 7) is 8.60. The van der Waals surface area contributed by atoms with Crippen molar-refractivity contribution in [3.63, 3.8) is 0 Å². The van der Waals surface area contributed by atoms with Gasteiger partial charge in [0.25, 0.3) is 5.91 Å². The van der Waals surface area contributed by atoms with E-state index in [1.165, 1.54) is 0 Å². The zero-order valence-electron chi connectivity index (χ0n) is 15.2. The molecule has 0 spiro atoms. The lowest BCUT2D eigenvalue weighted by Gasteiger charge is -2.34. The number of nitrogens with zero attached hydrogens (tertiary/aromatic N) is 3. The van der Waals surface area contributed by atoms with Crippen LogP contribution < -0.4 is 0 Å². The number of amides is 2. The Morgan fingerprint density at radius 2 is 1.84 bits per heavy atom. The van der Waals surface area contributed by atoms with Gasteiger partial charge in [0.15, 0.2) is 0 Å². The van der Waals surface area contributed by atoms with E-state index in [9.17, 15) is 9.59 Å². The van der Waals surface area contributed by atoms with Gasteiger partial charge in [0.1, 0.15) is 5.82 Å². The fourth-order valence-electron chi connectivity index (χ4n) is 3.15. The third-order valence-electron chi connectivity index (χ3n) is 4.68. The summed E-state index contributed by atoms with van der Waals surface area (Å²) in [7, 11) is 0. The third kappa shape index (κ3) is 3.67. The number of benzene rings is 1. The van der Waals surface area contributed by atoms with Crippen molar-refractivity contribution in [3.8, 4) is 0 Å². The van der Waals surface area contributed by atoms with Crippen molar-refractivity contribution >= 4 is 22.8 Å². The minimum atomic E-state index is 0.0187.